The summed E-state index contributed by atoms with van der Waals surface area (Å²) in [6.07, 6.45) is 6.24. The normalized spacial score (nSPS) is 14.9. The molecular formula is C23H21FN2OS. The molecule has 1 N–H and O–H groups in total. The summed E-state index contributed by atoms with van der Waals surface area (Å²) in [6, 6.07) is 18.2. The van der Waals surface area contributed by atoms with Gasteiger partial charge in [0.1, 0.15) is 5.82 Å². The fraction of sp³-hybridized carbons (Fsp3) is 0.217. The fourth-order valence-electron chi connectivity index (χ4n) is 3.48. The Bertz CT molecular complexity index is 939. The monoisotopic (exact) mass is 392 g/mol. The van der Waals surface area contributed by atoms with Crippen LogP contribution in [0.5, 0.6) is 0 Å². The number of thioether (sulfide) groups is 1. The maximum atomic E-state index is 13.2. The number of nitrogens with one attached hydrogen (secondary N) is 1. The van der Waals surface area contributed by atoms with Crippen LogP contribution in [-0.2, 0) is 16.0 Å². The first-order valence-corrected chi connectivity index (χ1v) is 10.3. The van der Waals surface area contributed by atoms with E-state index in [4.69, 9.17) is 0 Å². The number of aromatic nitrogens is 1. The van der Waals surface area contributed by atoms with E-state index in [1.165, 1.54) is 17.7 Å². The number of halogens is 1. The molecule has 3 nitrogen and oxygen atoms in total. The molecular weight excluding hydrogens is 371 g/mol. The van der Waals surface area contributed by atoms with Crippen LogP contribution in [-0.4, -0.2) is 10.9 Å². The molecule has 1 amide bonds. The molecule has 142 valence electrons. The molecule has 0 bridgehead atoms. The van der Waals surface area contributed by atoms with Crippen molar-refractivity contribution < 1.29 is 9.18 Å². The van der Waals surface area contributed by atoms with E-state index in [1.54, 1.807) is 30.1 Å². The maximum Gasteiger partial charge on any atom is 0.235 e. The van der Waals surface area contributed by atoms with Crippen molar-refractivity contribution in [2.75, 3.05) is 5.32 Å². The van der Waals surface area contributed by atoms with E-state index in [-0.39, 0.29) is 11.7 Å². The molecule has 0 unspecified atom stereocenters. The number of pyridine rings is 1. The molecule has 1 aliphatic rings. The van der Waals surface area contributed by atoms with Gasteiger partial charge in [0, 0.05) is 28.7 Å². The average Bonchev–Trinajstić information content (AvgIpc) is 2.69. The lowest BCUT2D eigenvalue weighted by atomic mass is 9.64. The van der Waals surface area contributed by atoms with Gasteiger partial charge in [-0.1, -0.05) is 24.6 Å². The van der Waals surface area contributed by atoms with Crippen molar-refractivity contribution in [2.45, 2.75) is 35.3 Å². The number of hydrogen-bond acceptors (Lipinski definition) is 3. The summed E-state index contributed by atoms with van der Waals surface area (Å²) >= 11 is 1.73. The van der Waals surface area contributed by atoms with E-state index >= 15 is 0 Å². The quantitative estimate of drug-likeness (QED) is 0.557. The van der Waals surface area contributed by atoms with E-state index in [0.717, 1.165) is 41.2 Å². The summed E-state index contributed by atoms with van der Waals surface area (Å²) in [5, 5.41) is 3.05. The Hall–Kier alpha value is -2.66. The summed E-state index contributed by atoms with van der Waals surface area (Å²) in [5.41, 5.74) is 2.31. The number of rotatable bonds is 6. The van der Waals surface area contributed by atoms with Gasteiger partial charge in [0.15, 0.2) is 0 Å². The van der Waals surface area contributed by atoms with Crippen LogP contribution in [0.4, 0.5) is 10.1 Å². The zero-order chi connectivity index (χ0) is 19.4. The van der Waals surface area contributed by atoms with Gasteiger partial charge in [0.05, 0.1) is 5.41 Å². The fourth-order valence-corrected chi connectivity index (χ4v) is 4.31. The van der Waals surface area contributed by atoms with Crippen LogP contribution in [0.2, 0.25) is 0 Å². The molecule has 28 heavy (non-hydrogen) atoms. The van der Waals surface area contributed by atoms with Gasteiger partial charge >= 0.3 is 0 Å². The third kappa shape index (κ3) is 3.94. The van der Waals surface area contributed by atoms with Gasteiger partial charge in [-0.2, -0.15) is 0 Å². The van der Waals surface area contributed by atoms with E-state index in [2.05, 4.69) is 16.4 Å². The van der Waals surface area contributed by atoms with Gasteiger partial charge in [-0.25, -0.2) is 4.39 Å². The van der Waals surface area contributed by atoms with Crippen molar-refractivity contribution in [2.24, 2.45) is 0 Å². The van der Waals surface area contributed by atoms with E-state index in [1.807, 2.05) is 36.5 Å². The van der Waals surface area contributed by atoms with Crippen LogP contribution in [0.3, 0.4) is 0 Å². The third-order valence-corrected chi connectivity index (χ3v) is 6.36. The van der Waals surface area contributed by atoms with Crippen LogP contribution in [0.15, 0.2) is 78.0 Å². The van der Waals surface area contributed by atoms with Crippen LogP contribution < -0.4 is 5.32 Å². The molecule has 1 heterocycles. The SMILES string of the molecule is O=C(Nc1ccc(SCc2cccnc2)cc1)C1(c2ccc(F)cc2)CCC1. The summed E-state index contributed by atoms with van der Waals surface area (Å²) in [4.78, 5) is 18.2. The number of carbonyl (C=O) groups is 1. The molecule has 0 radical (unpaired) electrons. The maximum absolute atomic E-state index is 13.2. The highest BCUT2D eigenvalue weighted by molar-refractivity contribution is 7.98. The van der Waals surface area contributed by atoms with Crippen molar-refractivity contribution >= 4 is 23.4 Å². The minimum atomic E-state index is -0.540. The Kier molecular flexibility index (Phi) is 5.44. The van der Waals surface area contributed by atoms with Crippen LogP contribution in [0.1, 0.15) is 30.4 Å². The largest absolute Gasteiger partial charge is 0.325 e. The van der Waals surface area contributed by atoms with Crippen LogP contribution in [0, 0.1) is 5.82 Å². The molecule has 0 atom stereocenters. The predicted molar refractivity (Wildman–Crippen MR) is 111 cm³/mol. The van der Waals surface area contributed by atoms with E-state index in [0.29, 0.717) is 0 Å². The average molecular weight is 392 g/mol. The minimum Gasteiger partial charge on any atom is -0.325 e. The summed E-state index contributed by atoms with van der Waals surface area (Å²) < 4.78 is 13.2. The highest BCUT2D eigenvalue weighted by Crippen LogP contribution is 2.44. The Morgan fingerprint density at radius 3 is 2.43 bits per heavy atom. The summed E-state index contributed by atoms with van der Waals surface area (Å²) in [5.74, 6) is 0.562. The Morgan fingerprint density at radius 2 is 1.82 bits per heavy atom. The molecule has 0 spiro atoms. The highest BCUT2D eigenvalue weighted by Gasteiger charge is 2.45. The lowest BCUT2D eigenvalue weighted by Gasteiger charge is -2.40. The smallest absolute Gasteiger partial charge is 0.235 e. The molecule has 1 saturated carbocycles. The van der Waals surface area contributed by atoms with Crippen molar-refractivity contribution in [3.8, 4) is 0 Å². The first-order valence-electron chi connectivity index (χ1n) is 9.35. The number of anilines is 1. The molecule has 1 aromatic heterocycles. The second-order valence-electron chi connectivity index (χ2n) is 7.07. The molecule has 2 aromatic carbocycles. The van der Waals surface area contributed by atoms with Crippen molar-refractivity contribution in [1.82, 2.24) is 4.98 Å². The van der Waals surface area contributed by atoms with Gasteiger partial charge < -0.3 is 5.32 Å². The van der Waals surface area contributed by atoms with Gasteiger partial charge in [0.2, 0.25) is 5.91 Å². The van der Waals surface area contributed by atoms with Crippen LogP contribution in [0.25, 0.3) is 0 Å². The first-order chi connectivity index (χ1) is 13.7. The van der Waals surface area contributed by atoms with Crippen molar-refractivity contribution in [3.63, 3.8) is 0 Å². The zero-order valence-corrected chi connectivity index (χ0v) is 16.2. The lowest BCUT2D eigenvalue weighted by Crippen LogP contribution is -2.46. The molecule has 0 saturated heterocycles. The number of carbonyl (C=O) groups excluding carboxylic acids is 1. The number of benzene rings is 2. The first kappa shape index (κ1) is 18.7. The third-order valence-electron chi connectivity index (χ3n) is 5.28. The number of hydrogen-bond donors (Lipinski definition) is 1. The van der Waals surface area contributed by atoms with Gasteiger partial charge in [0.25, 0.3) is 0 Å². The molecule has 0 aliphatic heterocycles. The second kappa shape index (κ2) is 8.15. The topological polar surface area (TPSA) is 42.0 Å². The molecule has 1 fully saturated rings. The Morgan fingerprint density at radius 1 is 1.07 bits per heavy atom. The number of nitrogens with zero attached hydrogens (tertiary/aromatic N) is 1. The van der Waals surface area contributed by atoms with E-state index in [9.17, 15) is 9.18 Å². The zero-order valence-electron chi connectivity index (χ0n) is 15.4. The lowest BCUT2D eigenvalue weighted by molar-refractivity contribution is -0.124. The standard InChI is InChI=1S/C23H21FN2OS/c24-19-6-4-18(5-7-19)23(12-2-13-23)22(27)26-20-8-10-21(11-9-20)28-16-17-3-1-14-25-15-17/h1,3-11,14-15H,2,12-13,16H2,(H,26,27). The Labute approximate surface area is 168 Å². The molecule has 5 heteroatoms. The summed E-state index contributed by atoms with van der Waals surface area (Å²) in [6.45, 7) is 0. The second-order valence-corrected chi connectivity index (χ2v) is 8.12. The molecule has 3 aromatic rings. The van der Waals surface area contributed by atoms with E-state index < -0.39 is 5.41 Å². The molecule has 1 aliphatic carbocycles. The highest BCUT2D eigenvalue weighted by atomic mass is 32.2. The van der Waals surface area contributed by atoms with Gasteiger partial charge in [-0.05, 0) is 66.4 Å². The van der Waals surface area contributed by atoms with Gasteiger partial charge in [-0.15, -0.1) is 11.8 Å². The van der Waals surface area contributed by atoms with Crippen molar-refractivity contribution in [1.29, 1.82) is 0 Å². The van der Waals surface area contributed by atoms with Gasteiger partial charge in [-0.3, -0.25) is 9.78 Å². The van der Waals surface area contributed by atoms with Crippen LogP contribution >= 0.6 is 11.8 Å². The minimum absolute atomic E-state index is 0.0129. The van der Waals surface area contributed by atoms with Crippen molar-refractivity contribution in [3.05, 3.63) is 90.0 Å². The predicted octanol–water partition coefficient (Wildman–Crippen LogP) is 5.57. The summed E-state index contributed by atoms with van der Waals surface area (Å²) in [7, 11) is 0. The molecule has 4 rings (SSSR count). The Balaban J connectivity index is 1.41. The number of amides is 1.